The van der Waals surface area contributed by atoms with Gasteiger partial charge in [0, 0.05) is 11.3 Å². The minimum atomic E-state index is 0.312. The first-order chi connectivity index (χ1) is 7.84. The highest BCUT2D eigenvalue weighted by Crippen LogP contribution is 2.30. The lowest BCUT2D eigenvalue weighted by Gasteiger charge is -2.22. The molecule has 3 heteroatoms. The Bertz CT molecular complexity index is 531. The van der Waals surface area contributed by atoms with E-state index in [1.54, 1.807) is 12.5 Å². The third kappa shape index (κ3) is 1.45. The SMILES string of the molecule is CB1Nc2ccccc2C=C1c1ccoc1. The maximum absolute atomic E-state index is 5.14. The van der Waals surface area contributed by atoms with Gasteiger partial charge in [0.15, 0.2) is 0 Å². The molecule has 0 fully saturated rings. The maximum atomic E-state index is 5.14. The Morgan fingerprint density at radius 2 is 2.06 bits per heavy atom. The van der Waals surface area contributed by atoms with Crippen LogP contribution in [-0.2, 0) is 0 Å². The first-order valence-corrected chi connectivity index (χ1v) is 5.44. The first-order valence-electron chi connectivity index (χ1n) is 5.44. The van der Waals surface area contributed by atoms with Gasteiger partial charge >= 0.3 is 0 Å². The molecule has 0 bridgehead atoms. The van der Waals surface area contributed by atoms with E-state index in [0.717, 1.165) is 5.56 Å². The predicted molar refractivity (Wildman–Crippen MR) is 68.3 cm³/mol. The summed E-state index contributed by atoms with van der Waals surface area (Å²) in [7, 11) is 0. The van der Waals surface area contributed by atoms with Crippen molar-refractivity contribution < 1.29 is 4.42 Å². The summed E-state index contributed by atoms with van der Waals surface area (Å²) in [5, 5.41) is 3.49. The second-order valence-electron chi connectivity index (χ2n) is 4.06. The lowest BCUT2D eigenvalue weighted by atomic mass is 9.54. The van der Waals surface area contributed by atoms with E-state index in [4.69, 9.17) is 4.42 Å². The first kappa shape index (κ1) is 9.34. The molecule has 3 rings (SSSR count). The monoisotopic (exact) mass is 209 g/mol. The summed E-state index contributed by atoms with van der Waals surface area (Å²) in [4.78, 5) is 0. The molecule has 1 aliphatic rings. The van der Waals surface area contributed by atoms with Crippen molar-refractivity contribution in [3.05, 3.63) is 54.0 Å². The summed E-state index contributed by atoms with van der Waals surface area (Å²) in [6, 6.07) is 10.3. The summed E-state index contributed by atoms with van der Waals surface area (Å²) in [5.41, 5.74) is 4.85. The molecule has 0 saturated carbocycles. The van der Waals surface area contributed by atoms with Crippen molar-refractivity contribution in [2.75, 3.05) is 5.23 Å². The maximum Gasteiger partial charge on any atom is 0.283 e. The van der Waals surface area contributed by atoms with Crippen LogP contribution < -0.4 is 5.23 Å². The van der Waals surface area contributed by atoms with E-state index in [1.165, 1.54) is 16.7 Å². The van der Waals surface area contributed by atoms with Crippen LogP contribution in [0.25, 0.3) is 11.5 Å². The molecule has 16 heavy (non-hydrogen) atoms. The van der Waals surface area contributed by atoms with Crippen LogP contribution in [0.15, 0.2) is 47.3 Å². The highest BCUT2D eigenvalue weighted by molar-refractivity contribution is 6.82. The molecule has 0 amide bonds. The number of nitrogens with one attached hydrogen (secondary N) is 1. The zero-order valence-corrected chi connectivity index (χ0v) is 9.10. The van der Waals surface area contributed by atoms with Crippen LogP contribution in [0.1, 0.15) is 11.1 Å². The van der Waals surface area contributed by atoms with Crippen LogP contribution in [0, 0.1) is 0 Å². The average Bonchev–Trinajstić information content (AvgIpc) is 2.81. The van der Waals surface area contributed by atoms with Crippen LogP contribution >= 0.6 is 0 Å². The van der Waals surface area contributed by atoms with Crippen molar-refractivity contribution in [3.8, 4) is 0 Å². The van der Waals surface area contributed by atoms with Gasteiger partial charge in [0.1, 0.15) is 0 Å². The number of furan rings is 1. The van der Waals surface area contributed by atoms with E-state index < -0.39 is 0 Å². The number of rotatable bonds is 1. The van der Waals surface area contributed by atoms with Crippen LogP contribution in [0.2, 0.25) is 6.82 Å². The minimum Gasteiger partial charge on any atom is -0.472 e. The number of benzene rings is 1. The molecule has 1 N–H and O–H groups in total. The highest BCUT2D eigenvalue weighted by atomic mass is 16.3. The lowest BCUT2D eigenvalue weighted by Crippen LogP contribution is -2.25. The van der Waals surface area contributed by atoms with Crippen LogP contribution in [0.5, 0.6) is 0 Å². The van der Waals surface area contributed by atoms with Crippen LogP contribution in [0.3, 0.4) is 0 Å². The Kier molecular flexibility index (Phi) is 2.10. The second kappa shape index (κ2) is 3.60. The standard InChI is InChI=1S/C13H12BNO/c1-14-12(11-6-7-16-9-11)8-10-4-2-3-5-13(10)15-14/h2-9,15H,1H3. The lowest BCUT2D eigenvalue weighted by molar-refractivity contribution is 0.566. The summed E-state index contributed by atoms with van der Waals surface area (Å²) >= 11 is 0. The molecule has 2 heterocycles. The molecule has 2 nitrogen and oxygen atoms in total. The molecular formula is C13H12BNO. The molecule has 0 spiro atoms. The largest absolute Gasteiger partial charge is 0.472 e. The van der Waals surface area contributed by atoms with E-state index in [2.05, 4.69) is 42.4 Å². The smallest absolute Gasteiger partial charge is 0.283 e. The summed E-state index contributed by atoms with van der Waals surface area (Å²) in [6.07, 6.45) is 5.72. The quantitative estimate of drug-likeness (QED) is 0.728. The Morgan fingerprint density at radius 3 is 2.88 bits per heavy atom. The van der Waals surface area contributed by atoms with Crippen molar-refractivity contribution in [2.24, 2.45) is 0 Å². The number of hydrogen-bond donors (Lipinski definition) is 1. The van der Waals surface area contributed by atoms with Crippen LogP contribution in [-0.4, -0.2) is 6.85 Å². The number of anilines is 1. The van der Waals surface area contributed by atoms with Gasteiger partial charge in [-0.1, -0.05) is 31.1 Å². The van der Waals surface area contributed by atoms with E-state index in [1.807, 2.05) is 6.07 Å². The van der Waals surface area contributed by atoms with Crippen molar-refractivity contribution in [2.45, 2.75) is 6.82 Å². The van der Waals surface area contributed by atoms with E-state index in [-0.39, 0.29) is 0 Å². The Hall–Kier alpha value is -1.90. The van der Waals surface area contributed by atoms with Crippen molar-refractivity contribution in [3.63, 3.8) is 0 Å². The topological polar surface area (TPSA) is 25.2 Å². The molecule has 0 radical (unpaired) electrons. The highest BCUT2D eigenvalue weighted by Gasteiger charge is 2.21. The van der Waals surface area contributed by atoms with Gasteiger partial charge < -0.3 is 9.64 Å². The summed E-state index contributed by atoms with van der Waals surface area (Å²) < 4.78 is 5.14. The normalized spacial score (nSPS) is 14.1. The van der Waals surface area contributed by atoms with Gasteiger partial charge in [0.05, 0.1) is 12.5 Å². The molecule has 1 aliphatic heterocycles. The average molecular weight is 209 g/mol. The van der Waals surface area contributed by atoms with Gasteiger partial charge in [-0.25, -0.2) is 0 Å². The third-order valence-electron chi connectivity index (χ3n) is 2.96. The minimum absolute atomic E-state index is 0.312. The molecule has 0 atom stereocenters. The number of para-hydroxylation sites is 1. The molecule has 0 aliphatic carbocycles. The Labute approximate surface area is 95.1 Å². The number of fused-ring (bicyclic) bond motifs is 1. The van der Waals surface area contributed by atoms with Gasteiger partial charge in [-0.05, 0) is 23.2 Å². The van der Waals surface area contributed by atoms with Crippen LogP contribution in [0.4, 0.5) is 5.69 Å². The second-order valence-corrected chi connectivity index (χ2v) is 4.06. The van der Waals surface area contributed by atoms with Crippen molar-refractivity contribution >= 4 is 24.1 Å². The molecule has 0 saturated heterocycles. The van der Waals surface area contributed by atoms with Gasteiger partial charge in [0.25, 0.3) is 6.85 Å². The Morgan fingerprint density at radius 1 is 1.19 bits per heavy atom. The van der Waals surface area contributed by atoms with E-state index in [9.17, 15) is 0 Å². The fourth-order valence-corrected chi connectivity index (χ4v) is 2.12. The number of hydrogen-bond acceptors (Lipinski definition) is 2. The van der Waals surface area contributed by atoms with Crippen molar-refractivity contribution in [1.29, 1.82) is 0 Å². The molecule has 0 unspecified atom stereocenters. The fraction of sp³-hybridized carbons (Fsp3) is 0.0769. The zero-order valence-electron chi connectivity index (χ0n) is 9.10. The molecular weight excluding hydrogens is 197 g/mol. The van der Waals surface area contributed by atoms with E-state index >= 15 is 0 Å². The van der Waals surface area contributed by atoms with E-state index in [0.29, 0.717) is 6.85 Å². The molecule has 1 aromatic heterocycles. The van der Waals surface area contributed by atoms with Gasteiger partial charge in [-0.3, -0.25) is 0 Å². The van der Waals surface area contributed by atoms with Gasteiger partial charge in [0.2, 0.25) is 0 Å². The van der Waals surface area contributed by atoms with Gasteiger partial charge in [-0.2, -0.15) is 0 Å². The summed E-state index contributed by atoms with van der Waals surface area (Å²) in [5.74, 6) is 0. The molecule has 1 aromatic carbocycles. The Balaban J connectivity index is 2.11. The fourth-order valence-electron chi connectivity index (χ4n) is 2.12. The van der Waals surface area contributed by atoms with Crippen molar-refractivity contribution in [1.82, 2.24) is 0 Å². The summed E-state index contributed by atoms with van der Waals surface area (Å²) in [6.45, 7) is 2.47. The van der Waals surface area contributed by atoms with Gasteiger partial charge in [-0.15, -0.1) is 0 Å². The zero-order chi connectivity index (χ0) is 11.0. The predicted octanol–water partition coefficient (Wildman–Crippen LogP) is 3.41. The third-order valence-corrected chi connectivity index (χ3v) is 2.96. The molecule has 78 valence electrons. The molecule has 2 aromatic rings.